The monoisotopic (exact) mass is 515 g/mol. The molecule has 0 saturated heterocycles. The molecular weight excluding hydrogens is 489 g/mol. The normalized spacial score (nSPS) is 12.7. The van der Waals surface area contributed by atoms with Crippen molar-refractivity contribution in [3.05, 3.63) is 71.0 Å². The Morgan fingerprint density at radius 1 is 1.31 bits per heavy atom. The minimum atomic E-state index is -3.44. The fourth-order valence-electron chi connectivity index (χ4n) is 4.09. The molecule has 2 aromatic carbocycles. The third-order valence-electron chi connectivity index (χ3n) is 5.71. The van der Waals surface area contributed by atoms with Crippen molar-refractivity contribution in [1.82, 2.24) is 9.97 Å². The Hall–Kier alpha value is -3.70. The maximum atomic E-state index is 14.8. The van der Waals surface area contributed by atoms with Crippen LogP contribution < -0.4 is 10.5 Å². The van der Waals surface area contributed by atoms with E-state index < -0.39 is 33.5 Å². The first-order valence-electron chi connectivity index (χ1n) is 11.2. The first-order valence-corrected chi connectivity index (χ1v) is 13.3. The van der Waals surface area contributed by atoms with Crippen LogP contribution in [0.25, 0.3) is 22.0 Å². The number of hydrogen-bond acceptors (Lipinski definition) is 7. The number of H-pyrrole nitrogens is 1. The maximum Gasteiger partial charge on any atom is 0.394 e. The van der Waals surface area contributed by atoms with Crippen LogP contribution in [0.2, 0.25) is 0 Å². The van der Waals surface area contributed by atoms with Gasteiger partial charge in [-0.2, -0.15) is 4.98 Å². The minimum Gasteiger partial charge on any atom is -0.477 e. The molecule has 0 amide bonds. The van der Waals surface area contributed by atoms with E-state index in [9.17, 15) is 22.7 Å². The van der Waals surface area contributed by atoms with E-state index in [1.165, 1.54) is 12.1 Å². The van der Waals surface area contributed by atoms with E-state index in [0.717, 1.165) is 18.7 Å². The highest BCUT2D eigenvalue weighted by Crippen LogP contribution is 2.37. The number of carboxylic acids is 1. The summed E-state index contributed by atoms with van der Waals surface area (Å²) in [6.07, 6.45) is 3.51. The number of hydrogen-bond donors (Lipinski definition) is 3. The summed E-state index contributed by atoms with van der Waals surface area (Å²) >= 11 is 0. The summed E-state index contributed by atoms with van der Waals surface area (Å²) in [6, 6.07) is 9.28. The predicted octanol–water partition coefficient (Wildman–Crippen LogP) is 4.24. The first-order chi connectivity index (χ1) is 17.1. The van der Waals surface area contributed by atoms with Gasteiger partial charge in [-0.25, -0.2) is 17.6 Å². The fraction of sp³-hybridized carbons (Fsp3) is 0.280. The van der Waals surface area contributed by atoms with Gasteiger partial charge in [0.1, 0.15) is 23.4 Å². The number of ether oxygens (including phenoxy) is 1. The van der Waals surface area contributed by atoms with Crippen LogP contribution in [0.15, 0.2) is 47.0 Å². The van der Waals surface area contributed by atoms with Gasteiger partial charge >= 0.3 is 12.0 Å². The van der Waals surface area contributed by atoms with E-state index in [4.69, 9.17) is 14.9 Å². The van der Waals surface area contributed by atoms with Crippen molar-refractivity contribution in [2.24, 2.45) is 5.73 Å². The molecular formula is C25H26FN3O6S. The highest BCUT2D eigenvalue weighted by atomic mass is 32.2. The van der Waals surface area contributed by atoms with Crippen molar-refractivity contribution in [3.63, 3.8) is 0 Å². The zero-order valence-corrected chi connectivity index (χ0v) is 20.6. The molecule has 0 spiro atoms. The number of aromatic nitrogens is 2. The SMILES string of the molecule is CC(Oc1ncc(CCCN)o1)c1cccc2c(-c3ccc(CS(C)(=O)=O)c(F)c3)c(C(=O)O)[nH]c12. The number of carbonyl (C=O) groups is 1. The minimum absolute atomic E-state index is 0.0115. The number of carboxylic acid groups (broad SMARTS) is 1. The Labute approximate surface area is 207 Å². The highest BCUT2D eigenvalue weighted by molar-refractivity contribution is 7.89. The molecule has 4 rings (SSSR count). The van der Waals surface area contributed by atoms with E-state index in [2.05, 4.69) is 9.97 Å². The average Bonchev–Trinajstić information content (AvgIpc) is 3.42. The molecule has 0 saturated carbocycles. The number of oxazole rings is 1. The van der Waals surface area contributed by atoms with Crippen molar-refractivity contribution in [2.45, 2.75) is 31.6 Å². The first kappa shape index (κ1) is 25.4. The molecule has 4 aromatic rings. The lowest BCUT2D eigenvalue weighted by atomic mass is 9.98. The molecule has 0 radical (unpaired) electrons. The summed E-state index contributed by atoms with van der Waals surface area (Å²) in [5, 5.41) is 10.4. The predicted molar refractivity (Wildman–Crippen MR) is 132 cm³/mol. The summed E-state index contributed by atoms with van der Waals surface area (Å²) in [5.74, 6) is -1.76. The van der Waals surface area contributed by atoms with Crippen LogP contribution in [0.3, 0.4) is 0 Å². The van der Waals surface area contributed by atoms with Crippen LogP contribution in [0, 0.1) is 5.82 Å². The molecule has 1 atom stereocenters. The Morgan fingerprint density at radius 2 is 2.08 bits per heavy atom. The summed E-state index contributed by atoms with van der Waals surface area (Å²) < 4.78 is 49.4. The summed E-state index contributed by atoms with van der Waals surface area (Å²) in [4.78, 5) is 19.2. The van der Waals surface area contributed by atoms with Gasteiger partial charge in [0.15, 0.2) is 9.84 Å². The Balaban J connectivity index is 1.73. The highest BCUT2D eigenvalue weighted by Gasteiger charge is 2.24. The topological polar surface area (TPSA) is 149 Å². The van der Waals surface area contributed by atoms with Crippen molar-refractivity contribution in [1.29, 1.82) is 0 Å². The van der Waals surface area contributed by atoms with E-state index in [1.807, 2.05) is 0 Å². The Bertz CT molecular complexity index is 1530. The van der Waals surface area contributed by atoms with Crippen LogP contribution in [-0.4, -0.2) is 42.3 Å². The summed E-state index contributed by atoms with van der Waals surface area (Å²) in [5.41, 5.74) is 7.16. The second kappa shape index (κ2) is 10.1. The number of aromatic carboxylic acids is 1. The Kier molecular flexibility index (Phi) is 7.14. The molecule has 0 bridgehead atoms. The molecule has 36 heavy (non-hydrogen) atoms. The van der Waals surface area contributed by atoms with Crippen molar-refractivity contribution in [2.75, 3.05) is 12.8 Å². The van der Waals surface area contributed by atoms with Gasteiger partial charge in [-0.15, -0.1) is 0 Å². The largest absolute Gasteiger partial charge is 0.477 e. The number of nitrogens with one attached hydrogen (secondary N) is 1. The zero-order valence-electron chi connectivity index (χ0n) is 19.7. The second-order valence-electron chi connectivity index (χ2n) is 8.57. The van der Waals surface area contributed by atoms with E-state index in [-0.39, 0.29) is 22.9 Å². The molecule has 0 aliphatic carbocycles. The molecule has 4 N–H and O–H groups in total. The molecule has 0 aliphatic heterocycles. The lowest BCUT2D eigenvalue weighted by Gasteiger charge is -2.13. The zero-order chi connectivity index (χ0) is 26.0. The molecule has 11 heteroatoms. The number of fused-ring (bicyclic) bond motifs is 1. The van der Waals surface area contributed by atoms with Crippen molar-refractivity contribution >= 4 is 26.7 Å². The number of halogens is 1. The van der Waals surface area contributed by atoms with Gasteiger partial charge in [-0.05, 0) is 31.5 Å². The van der Waals surface area contributed by atoms with Crippen molar-refractivity contribution in [3.8, 4) is 17.2 Å². The quantitative estimate of drug-likeness (QED) is 0.284. The van der Waals surface area contributed by atoms with E-state index in [1.54, 1.807) is 31.3 Å². The van der Waals surface area contributed by atoms with Gasteiger partial charge in [-0.1, -0.05) is 30.3 Å². The average molecular weight is 516 g/mol. The van der Waals surface area contributed by atoms with Gasteiger partial charge in [-0.3, -0.25) is 0 Å². The summed E-state index contributed by atoms with van der Waals surface area (Å²) in [6.45, 7) is 2.31. The number of aryl methyl sites for hydroxylation is 1. The number of sulfone groups is 1. The number of nitrogens with two attached hydrogens (primary N) is 1. The van der Waals surface area contributed by atoms with Gasteiger partial charge in [0.2, 0.25) is 0 Å². The lowest BCUT2D eigenvalue weighted by Crippen LogP contribution is -2.04. The van der Waals surface area contributed by atoms with Crippen molar-refractivity contribution < 1.29 is 31.9 Å². The number of benzene rings is 2. The number of rotatable bonds is 10. The number of para-hydroxylation sites is 1. The second-order valence-corrected chi connectivity index (χ2v) is 10.7. The van der Waals surface area contributed by atoms with Gasteiger partial charge in [0.25, 0.3) is 0 Å². The van der Waals surface area contributed by atoms with Gasteiger partial charge < -0.3 is 25.0 Å². The number of aromatic amines is 1. The maximum absolute atomic E-state index is 14.8. The molecule has 0 aliphatic rings. The molecule has 2 aromatic heterocycles. The van der Waals surface area contributed by atoms with Crippen LogP contribution in [0.4, 0.5) is 4.39 Å². The van der Waals surface area contributed by atoms with Crippen LogP contribution in [-0.2, 0) is 22.0 Å². The van der Waals surface area contributed by atoms with E-state index in [0.29, 0.717) is 40.8 Å². The molecule has 1 unspecified atom stereocenters. The lowest BCUT2D eigenvalue weighted by molar-refractivity contribution is 0.0692. The summed E-state index contributed by atoms with van der Waals surface area (Å²) in [7, 11) is -3.44. The van der Waals surface area contributed by atoms with Gasteiger partial charge in [0.05, 0.1) is 17.5 Å². The Morgan fingerprint density at radius 3 is 2.75 bits per heavy atom. The van der Waals surface area contributed by atoms with E-state index >= 15 is 0 Å². The van der Waals surface area contributed by atoms with Gasteiger partial charge in [0, 0.05) is 34.8 Å². The molecule has 9 nitrogen and oxygen atoms in total. The smallest absolute Gasteiger partial charge is 0.394 e. The molecule has 190 valence electrons. The number of nitrogens with zero attached hydrogens (tertiary/aromatic N) is 1. The fourth-order valence-corrected chi connectivity index (χ4v) is 4.89. The van der Waals surface area contributed by atoms with Crippen LogP contribution in [0.5, 0.6) is 6.08 Å². The third kappa shape index (κ3) is 5.42. The van der Waals surface area contributed by atoms with Crippen LogP contribution >= 0.6 is 0 Å². The standard InChI is InChI=1S/C25H26FN3O6S/c1-14(34-25-28-12-17(35-25)5-4-10-27)18-6-3-7-19-21(23(24(30)31)29-22(18)19)15-8-9-16(20(26)11-15)13-36(2,32)33/h3,6-9,11-12,14,29H,4-5,10,13,27H2,1-2H3,(H,30,31). The van der Waals surface area contributed by atoms with Crippen LogP contribution in [0.1, 0.15) is 46.8 Å². The molecule has 2 heterocycles. The molecule has 0 fully saturated rings. The third-order valence-corrected chi connectivity index (χ3v) is 6.55.